The number of thiophene rings is 1. The number of thioether (sulfide) groups is 1. The predicted octanol–water partition coefficient (Wildman–Crippen LogP) is 4.98. The van der Waals surface area contributed by atoms with Crippen molar-refractivity contribution in [3.63, 3.8) is 0 Å². The Balaban J connectivity index is 1.85. The molecule has 0 spiro atoms. The van der Waals surface area contributed by atoms with Crippen molar-refractivity contribution >= 4 is 23.1 Å². The summed E-state index contributed by atoms with van der Waals surface area (Å²) in [6.07, 6.45) is 3.31. The minimum Gasteiger partial charge on any atom is -0.313 e. The molecular formula is C17H22FNS2. The van der Waals surface area contributed by atoms with Gasteiger partial charge in [0, 0.05) is 16.7 Å². The van der Waals surface area contributed by atoms with Crippen LogP contribution in [0.2, 0.25) is 0 Å². The topological polar surface area (TPSA) is 12.0 Å². The molecule has 1 N–H and O–H groups in total. The van der Waals surface area contributed by atoms with Crippen LogP contribution in [0.15, 0.2) is 46.0 Å². The minimum atomic E-state index is -0.116. The monoisotopic (exact) mass is 323 g/mol. The van der Waals surface area contributed by atoms with Gasteiger partial charge < -0.3 is 5.32 Å². The molecule has 2 rings (SSSR count). The molecule has 114 valence electrons. The highest BCUT2D eigenvalue weighted by atomic mass is 32.2. The zero-order chi connectivity index (χ0) is 14.9. The molecule has 1 nitrogen and oxygen atoms in total. The second-order valence-corrected chi connectivity index (χ2v) is 6.90. The van der Waals surface area contributed by atoms with Crippen LogP contribution in [-0.4, -0.2) is 18.3 Å². The average Bonchev–Trinajstić information content (AvgIpc) is 3.01. The fourth-order valence-electron chi connectivity index (χ4n) is 2.12. The number of rotatable bonds is 9. The van der Waals surface area contributed by atoms with E-state index in [1.165, 1.54) is 11.6 Å². The molecular weight excluding hydrogens is 301 g/mol. The number of hydrogen-bond acceptors (Lipinski definition) is 3. The van der Waals surface area contributed by atoms with E-state index in [1.807, 2.05) is 12.1 Å². The van der Waals surface area contributed by atoms with Crippen LogP contribution in [0.1, 0.15) is 25.3 Å². The molecule has 21 heavy (non-hydrogen) atoms. The first-order valence-electron chi connectivity index (χ1n) is 7.41. The number of nitrogens with one attached hydrogen (secondary N) is 1. The number of aryl methyl sites for hydroxylation is 1. The summed E-state index contributed by atoms with van der Waals surface area (Å²) in [5, 5.41) is 7.91. The molecule has 1 aromatic carbocycles. The maximum atomic E-state index is 13.7. The van der Waals surface area contributed by atoms with Crippen LogP contribution < -0.4 is 5.32 Å². The fourth-order valence-corrected chi connectivity index (χ4v) is 3.87. The summed E-state index contributed by atoms with van der Waals surface area (Å²) < 4.78 is 13.7. The van der Waals surface area contributed by atoms with Crippen molar-refractivity contribution in [2.24, 2.45) is 0 Å². The van der Waals surface area contributed by atoms with Gasteiger partial charge >= 0.3 is 0 Å². The Morgan fingerprint density at radius 1 is 1.29 bits per heavy atom. The largest absolute Gasteiger partial charge is 0.313 e. The lowest BCUT2D eigenvalue weighted by atomic mass is 10.1. The standard InChI is InChI=1S/C17H22FNS2/c1-2-10-19-15(8-7-14-9-11-20-12-14)13-21-17-6-4-3-5-16(17)18/h3-6,9,11-12,15,19H,2,7-8,10,13H2,1H3. The van der Waals surface area contributed by atoms with Crippen LogP contribution in [0.25, 0.3) is 0 Å². The van der Waals surface area contributed by atoms with Crippen molar-refractivity contribution in [2.75, 3.05) is 12.3 Å². The minimum absolute atomic E-state index is 0.116. The molecule has 0 aliphatic rings. The third-order valence-corrected chi connectivity index (χ3v) is 5.26. The molecule has 2 aromatic rings. The molecule has 0 fully saturated rings. The van der Waals surface area contributed by atoms with Crippen LogP contribution in [0.5, 0.6) is 0 Å². The normalized spacial score (nSPS) is 12.5. The second-order valence-electron chi connectivity index (χ2n) is 5.06. The van der Waals surface area contributed by atoms with Crippen molar-refractivity contribution < 1.29 is 4.39 Å². The SMILES string of the molecule is CCCNC(CCc1ccsc1)CSc1ccccc1F. The van der Waals surface area contributed by atoms with Crippen molar-refractivity contribution in [3.8, 4) is 0 Å². The molecule has 1 atom stereocenters. The van der Waals surface area contributed by atoms with Gasteiger partial charge in [-0.25, -0.2) is 4.39 Å². The third-order valence-electron chi connectivity index (χ3n) is 3.32. The van der Waals surface area contributed by atoms with E-state index < -0.39 is 0 Å². The van der Waals surface area contributed by atoms with Crippen molar-refractivity contribution in [1.29, 1.82) is 0 Å². The smallest absolute Gasteiger partial charge is 0.136 e. The number of hydrogen-bond donors (Lipinski definition) is 1. The highest BCUT2D eigenvalue weighted by Crippen LogP contribution is 2.23. The Labute approximate surface area is 135 Å². The molecule has 1 heterocycles. The Hall–Kier alpha value is -0.840. The molecule has 0 radical (unpaired) electrons. The van der Waals surface area contributed by atoms with Gasteiger partial charge in [-0.15, -0.1) is 11.8 Å². The van der Waals surface area contributed by atoms with E-state index in [-0.39, 0.29) is 5.82 Å². The molecule has 0 bridgehead atoms. The van der Waals surface area contributed by atoms with Crippen LogP contribution in [0.3, 0.4) is 0 Å². The summed E-state index contributed by atoms with van der Waals surface area (Å²) in [6, 6.07) is 9.63. The Kier molecular flexibility index (Phi) is 7.27. The van der Waals surface area contributed by atoms with E-state index in [9.17, 15) is 4.39 Å². The van der Waals surface area contributed by atoms with Gasteiger partial charge in [0.25, 0.3) is 0 Å². The van der Waals surface area contributed by atoms with Crippen LogP contribution in [0.4, 0.5) is 4.39 Å². The van der Waals surface area contributed by atoms with Gasteiger partial charge in [-0.2, -0.15) is 11.3 Å². The lowest BCUT2D eigenvalue weighted by Gasteiger charge is -2.18. The van der Waals surface area contributed by atoms with Gasteiger partial charge in [0.2, 0.25) is 0 Å². The Bertz CT molecular complexity index is 513. The van der Waals surface area contributed by atoms with Crippen molar-refractivity contribution in [1.82, 2.24) is 5.32 Å². The maximum Gasteiger partial charge on any atom is 0.136 e. The van der Waals surface area contributed by atoms with Crippen LogP contribution in [-0.2, 0) is 6.42 Å². The Morgan fingerprint density at radius 2 is 2.14 bits per heavy atom. The highest BCUT2D eigenvalue weighted by molar-refractivity contribution is 7.99. The first-order valence-corrected chi connectivity index (χ1v) is 9.34. The number of halogens is 1. The highest BCUT2D eigenvalue weighted by Gasteiger charge is 2.10. The predicted molar refractivity (Wildman–Crippen MR) is 91.8 cm³/mol. The zero-order valence-corrected chi connectivity index (χ0v) is 14.0. The van der Waals surface area contributed by atoms with Gasteiger partial charge in [-0.1, -0.05) is 19.1 Å². The van der Waals surface area contributed by atoms with E-state index in [2.05, 4.69) is 29.1 Å². The number of benzene rings is 1. The summed E-state index contributed by atoms with van der Waals surface area (Å²) in [6.45, 7) is 3.19. The third kappa shape index (κ3) is 5.81. The fraction of sp³-hybridized carbons (Fsp3) is 0.412. The van der Waals surface area contributed by atoms with Crippen molar-refractivity contribution in [2.45, 2.75) is 37.1 Å². The van der Waals surface area contributed by atoms with E-state index in [1.54, 1.807) is 29.2 Å². The zero-order valence-electron chi connectivity index (χ0n) is 12.3. The van der Waals surface area contributed by atoms with Crippen LogP contribution in [0, 0.1) is 5.82 Å². The van der Waals surface area contributed by atoms with E-state index in [4.69, 9.17) is 0 Å². The molecule has 0 aliphatic heterocycles. The van der Waals surface area contributed by atoms with Crippen molar-refractivity contribution in [3.05, 3.63) is 52.5 Å². The Morgan fingerprint density at radius 3 is 2.86 bits per heavy atom. The first-order chi connectivity index (χ1) is 10.3. The molecule has 0 amide bonds. The second kappa shape index (κ2) is 9.23. The molecule has 0 saturated heterocycles. The summed E-state index contributed by atoms with van der Waals surface area (Å²) in [5.74, 6) is 0.792. The average molecular weight is 324 g/mol. The van der Waals surface area contributed by atoms with E-state index >= 15 is 0 Å². The molecule has 1 unspecified atom stereocenters. The van der Waals surface area contributed by atoms with Crippen LogP contribution >= 0.6 is 23.1 Å². The maximum absolute atomic E-state index is 13.7. The van der Waals surface area contributed by atoms with E-state index in [0.717, 1.165) is 36.5 Å². The molecule has 0 saturated carbocycles. The van der Waals surface area contributed by atoms with E-state index in [0.29, 0.717) is 6.04 Å². The van der Waals surface area contributed by atoms with Gasteiger partial charge in [-0.05, 0) is 60.3 Å². The molecule has 0 aliphatic carbocycles. The van der Waals surface area contributed by atoms with Gasteiger partial charge in [-0.3, -0.25) is 0 Å². The lowest BCUT2D eigenvalue weighted by Crippen LogP contribution is -2.32. The van der Waals surface area contributed by atoms with Gasteiger partial charge in [0.05, 0.1) is 0 Å². The van der Waals surface area contributed by atoms with Gasteiger partial charge in [0.15, 0.2) is 0 Å². The quantitative estimate of drug-likeness (QED) is 0.653. The summed E-state index contributed by atoms with van der Waals surface area (Å²) in [4.78, 5) is 0.747. The lowest BCUT2D eigenvalue weighted by molar-refractivity contribution is 0.520. The molecule has 4 heteroatoms. The van der Waals surface area contributed by atoms with Gasteiger partial charge in [0.1, 0.15) is 5.82 Å². The summed E-state index contributed by atoms with van der Waals surface area (Å²) >= 11 is 3.35. The summed E-state index contributed by atoms with van der Waals surface area (Å²) in [5.41, 5.74) is 1.40. The first kappa shape index (κ1) is 16.5. The molecule has 1 aromatic heterocycles. The summed E-state index contributed by atoms with van der Waals surface area (Å²) in [7, 11) is 0.